The number of nitrogens with zero attached hydrogens (tertiary/aromatic N) is 1. The van der Waals surface area contributed by atoms with Gasteiger partial charge in [-0.25, -0.2) is 0 Å². The van der Waals surface area contributed by atoms with Crippen LogP contribution in [-0.2, 0) is 11.3 Å². The second-order valence-corrected chi connectivity index (χ2v) is 7.69. The van der Waals surface area contributed by atoms with Crippen molar-refractivity contribution in [3.8, 4) is 5.75 Å². The van der Waals surface area contributed by atoms with Gasteiger partial charge in [-0.1, -0.05) is 18.2 Å². The van der Waals surface area contributed by atoms with Crippen molar-refractivity contribution in [3.05, 3.63) is 29.8 Å². The lowest BCUT2D eigenvalue weighted by atomic mass is 9.84. The van der Waals surface area contributed by atoms with Crippen LogP contribution in [0.3, 0.4) is 0 Å². The highest BCUT2D eigenvalue weighted by Crippen LogP contribution is 2.31. The van der Waals surface area contributed by atoms with Gasteiger partial charge in [-0.05, 0) is 44.6 Å². The zero-order valence-corrected chi connectivity index (χ0v) is 19.1. The number of ether oxygens (including phenoxy) is 2. The standard InChI is InChI=1S/C21H33N3O3.HI/c1-22-20(24-15-21(10-12-25)11-13-26-16-21)23-14-17-6-2-5-9-19(17)27-18-7-3-4-8-18;/h2,5-6,9,18,25H,3-4,7-8,10-16H2,1H3,(H2,22,23,24);1H. The van der Waals surface area contributed by atoms with Crippen LogP contribution in [0, 0.1) is 5.41 Å². The molecule has 1 heterocycles. The van der Waals surface area contributed by atoms with E-state index < -0.39 is 0 Å². The van der Waals surface area contributed by atoms with Crippen molar-refractivity contribution in [2.45, 2.75) is 51.2 Å². The molecular weight excluding hydrogens is 469 g/mol. The van der Waals surface area contributed by atoms with Crippen LogP contribution in [0.4, 0.5) is 0 Å². The number of halogens is 1. The molecule has 6 nitrogen and oxygen atoms in total. The molecule has 28 heavy (non-hydrogen) atoms. The van der Waals surface area contributed by atoms with E-state index in [0.29, 0.717) is 19.3 Å². The third-order valence-electron chi connectivity index (χ3n) is 5.70. The Morgan fingerprint density at radius 2 is 2.07 bits per heavy atom. The molecule has 1 aliphatic heterocycles. The Morgan fingerprint density at radius 1 is 1.29 bits per heavy atom. The largest absolute Gasteiger partial charge is 0.490 e. The number of hydrogen-bond donors (Lipinski definition) is 3. The van der Waals surface area contributed by atoms with E-state index in [1.54, 1.807) is 7.05 Å². The molecule has 3 N–H and O–H groups in total. The van der Waals surface area contributed by atoms with Crippen LogP contribution in [0.2, 0.25) is 0 Å². The third-order valence-corrected chi connectivity index (χ3v) is 5.70. The lowest BCUT2D eigenvalue weighted by Gasteiger charge is -2.27. The first-order valence-electron chi connectivity index (χ1n) is 10.1. The second kappa shape index (κ2) is 11.8. The Balaban J connectivity index is 0.00000280. The van der Waals surface area contributed by atoms with Gasteiger partial charge in [0.1, 0.15) is 5.75 Å². The van der Waals surface area contributed by atoms with Crippen LogP contribution in [0.5, 0.6) is 5.75 Å². The van der Waals surface area contributed by atoms with Crippen LogP contribution >= 0.6 is 24.0 Å². The molecule has 1 aliphatic carbocycles. The number of aliphatic hydroxyl groups excluding tert-OH is 1. The Kier molecular flexibility index (Phi) is 9.81. The average molecular weight is 503 g/mol. The second-order valence-electron chi connectivity index (χ2n) is 7.69. The van der Waals surface area contributed by atoms with Gasteiger partial charge in [0.15, 0.2) is 5.96 Å². The normalized spacial score (nSPS) is 22.7. The molecule has 2 fully saturated rings. The predicted molar refractivity (Wildman–Crippen MR) is 123 cm³/mol. The van der Waals surface area contributed by atoms with Crippen LogP contribution in [0.1, 0.15) is 44.1 Å². The van der Waals surface area contributed by atoms with Gasteiger partial charge < -0.3 is 25.2 Å². The highest BCUT2D eigenvalue weighted by Gasteiger charge is 2.34. The van der Waals surface area contributed by atoms with Crippen molar-refractivity contribution in [1.29, 1.82) is 0 Å². The predicted octanol–water partition coefficient (Wildman–Crippen LogP) is 3.08. The van der Waals surface area contributed by atoms with E-state index >= 15 is 0 Å². The maximum absolute atomic E-state index is 9.37. The van der Waals surface area contributed by atoms with Crippen molar-refractivity contribution >= 4 is 29.9 Å². The summed E-state index contributed by atoms with van der Waals surface area (Å²) >= 11 is 0. The monoisotopic (exact) mass is 503 g/mol. The summed E-state index contributed by atoms with van der Waals surface area (Å²) in [6.45, 7) is 3.04. The summed E-state index contributed by atoms with van der Waals surface area (Å²) in [5.41, 5.74) is 1.14. The van der Waals surface area contributed by atoms with Crippen LogP contribution < -0.4 is 15.4 Å². The zero-order chi connectivity index (χ0) is 19.0. The van der Waals surface area contributed by atoms with Crippen molar-refractivity contribution in [1.82, 2.24) is 10.6 Å². The minimum atomic E-state index is -0.00411. The lowest BCUT2D eigenvalue weighted by molar-refractivity contribution is 0.127. The zero-order valence-electron chi connectivity index (χ0n) is 16.8. The van der Waals surface area contributed by atoms with Gasteiger partial charge in [-0.2, -0.15) is 0 Å². The molecule has 158 valence electrons. The summed E-state index contributed by atoms with van der Waals surface area (Å²) in [5, 5.41) is 16.2. The summed E-state index contributed by atoms with van der Waals surface area (Å²) in [6, 6.07) is 8.22. The first-order chi connectivity index (χ1) is 13.2. The molecule has 1 aromatic carbocycles. The maximum Gasteiger partial charge on any atom is 0.191 e. The van der Waals surface area contributed by atoms with Gasteiger partial charge in [-0.3, -0.25) is 4.99 Å². The fourth-order valence-corrected chi connectivity index (χ4v) is 3.93. The van der Waals surface area contributed by atoms with Gasteiger partial charge in [0.05, 0.1) is 12.7 Å². The lowest BCUT2D eigenvalue weighted by Crippen LogP contribution is -2.44. The molecule has 0 bridgehead atoms. The van der Waals surface area contributed by atoms with Gasteiger partial charge in [0.2, 0.25) is 0 Å². The first-order valence-corrected chi connectivity index (χ1v) is 10.1. The summed E-state index contributed by atoms with van der Waals surface area (Å²) in [7, 11) is 1.78. The number of aliphatic hydroxyl groups is 1. The Labute approximate surface area is 185 Å². The molecule has 1 unspecified atom stereocenters. The smallest absolute Gasteiger partial charge is 0.191 e. The molecule has 7 heteroatoms. The molecule has 0 aromatic heterocycles. The first kappa shape index (κ1) is 23.2. The van der Waals surface area contributed by atoms with Crippen molar-refractivity contribution in [2.75, 3.05) is 33.4 Å². The van der Waals surface area contributed by atoms with E-state index in [0.717, 1.165) is 56.1 Å². The van der Waals surface area contributed by atoms with Gasteiger partial charge >= 0.3 is 0 Å². The van der Waals surface area contributed by atoms with Crippen molar-refractivity contribution in [3.63, 3.8) is 0 Å². The minimum absolute atomic E-state index is 0. The Hall–Kier alpha value is -1.06. The molecule has 1 aromatic rings. The molecule has 1 saturated heterocycles. The number of para-hydroxylation sites is 1. The summed E-state index contributed by atoms with van der Waals surface area (Å²) < 4.78 is 11.8. The van der Waals surface area contributed by atoms with Crippen LogP contribution in [0.25, 0.3) is 0 Å². The quantitative estimate of drug-likeness (QED) is 0.289. The summed E-state index contributed by atoms with van der Waals surface area (Å²) in [5.74, 6) is 1.73. The molecule has 0 spiro atoms. The minimum Gasteiger partial charge on any atom is -0.490 e. The fourth-order valence-electron chi connectivity index (χ4n) is 3.93. The maximum atomic E-state index is 9.37. The van der Waals surface area contributed by atoms with Crippen LogP contribution in [-0.4, -0.2) is 50.6 Å². The van der Waals surface area contributed by atoms with Crippen LogP contribution in [0.15, 0.2) is 29.3 Å². The summed E-state index contributed by atoms with van der Waals surface area (Å²) in [6.07, 6.45) is 6.90. The number of benzene rings is 1. The SMILES string of the molecule is CN=C(NCc1ccccc1OC1CCCC1)NCC1(CCO)CCOC1.I. The molecule has 3 rings (SSSR count). The fraction of sp³-hybridized carbons (Fsp3) is 0.667. The van der Waals surface area contributed by atoms with Crippen molar-refractivity contribution < 1.29 is 14.6 Å². The van der Waals surface area contributed by atoms with E-state index in [1.807, 2.05) is 12.1 Å². The van der Waals surface area contributed by atoms with Crippen molar-refractivity contribution in [2.24, 2.45) is 10.4 Å². The molecule has 0 amide bonds. The number of nitrogens with one attached hydrogen (secondary N) is 2. The molecule has 2 aliphatic rings. The Bertz CT molecular complexity index is 615. The van der Waals surface area contributed by atoms with E-state index in [1.165, 1.54) is 12.8 Å². The molecular formula is C21H34IN3O3. The van der Waals surface area contributed by atoms with Gasteiger partial charge in [0.25, 0.3) is 0 Å². The highest BCUT2D eigenvalue weighted by molar-refractivity contribution is 14.0. The Morgan fingerprint density at radius 3 is 2.75 bits per heavy atom. The highest BCUT2D eigenvalue weighted by atomic mass is 127. The van der Waals surface area contributed by atoms with Gasteiger partial charge in [0, 0.05) is 44.3 Å². The topological polar surface area (TPSA) is 75.1 Å². The number of guanidine groups is 1. The molecule has 1 saturated carbocycles. The molecule has 1 atom stereocenters. The van der Waals surface area contributed by atoms with E-state index in [2.05, 4.69) is 27.8 Å². The number of aliphatic imine (C=N–C) groups is 1. The summed E-state index contributed by atoms with van der Waals surface area (Å²) in [4.78, 5) is 4.34. The number of rotatable bonds is 8. The number of hydrogen-bond acceptors (Lipinski definition) is 4. The third kappa shape index (κ3) is 6.49. The van der Waals surface area contributed by atoms with Gasteiger partial charge in [-0.15, -0.1) is 24.0 Å². The van der Waals surface area contributed by atoms with E-state index in [-0.39, 0.29) is 36.0 Å². The van der Waals surface area contributed by atoms with E-state index in [4.69, 9.17) is 9.47 Å². The molecule has 0 radical (unpaired) electrons. The average Bonchev–Trinajstić information content (AvgIpc) is 3.36. The van der Waals surface area contributed by atoms with E-state index in [9.17, 15) is 5.11 Å².